The Hall–Kier alpha value is -1.25. The average Bonchev–Trinajstić information content (AvgIpc) is 2.86. The van der Waals surface area contributed by atoms with Gasteiger partial charge >= 0.3 is 0 Å². The minimum atomic E-state index is 0.441. The first-order chi connectivity index (χ1) is 8.84. The van der Waals surface area contributed by atoms with Gasteiger partial charge in [0, 0.05) is 12.2 Å². The molecule has 94 valence electrons. The van der Waals surface area contributed by atoms with Gasteiger partial charge in [0.2, 0.25) is 0 Å². The zero-order valence-electron chi connectivity index (χ0n) is 10.2. The smallest absolute Gasteiger partial charge is 0.109 e. The molecule has 2 heterocycles. The highest BCUT2D eigenvalue weighted by atomic mass is 35.5. The van der Waals surface area contributed by atoms with Crippen molar-refractivity contribution in [1.29, 1.82) is 0 Å². The summed E-state index contributed by atoms with van der Waals surface area (Å²) in [4.78, 5) is 3.07. The topological polar surface area (TPSA) is 27.8 Å². The van der Waals surface area contributed by atoms with Crippen LogP contribution in [0.1, 0.15) is 35.9 Å². The monoisotopic (exact) mass is 260 g/mol. The summed E-state index contributed by atoms with van der Waals surface area (Å²) in [6.07, 6.45) is 4.19. The van der Waals surface area contributed by atoms with Gasteiger partial charge in [0.25, 0.3) is 0 Å². The number of aromatic amines is 1. The van der Waals surface area contributed by atoms with E-state index in [0.717, 1.165) is 24.5 Å². The third kappa shape index (κ3) is 2.31. The van der Waals surface area contributed by atoms with Crippen molar-refractivity contribution < 1.29 is 0 Å². The second kappa shape index (κ2) is 5.17. The van der Waals surface area contributed by atoms with E-state index in [1.54, 1.807) is 0 Å². The van der Waals surface area contributed by atoms with Crippen molar-refractivity contribution in [2.45, 2.75) is 24.8 Å². The molecule has 1 fully saturated rings. The van der Waals surface area contributed by atoms with E-state index in [2.05, 4.69) is 46.7 Å². The molecule has 0 saturated carbocycles. The lowest BCUT2D eigenvalue weighted by Gasteiger charge is -2.30. The molecule has 0 aliphatic carbocycles. The van der Waals surface area contributed by atoms with Gasteiger partial charge in [-0.2, -0.15) is 0 Å². The molecular formula is C15H17ClN2. The number of rotatable bonds is 2. The largest absolute Gasteiger partial charge is 0.352 e. The Balaban J connectivity index is 1.79. The summed E-state index contributed by atoms with van der Waals surface area (Å²) in [6, 6.07) is 13.2. The third-order valence-electron chi connectivity index (χ3n) is 3.77. The van der Waals surface area contributed by atoms with E-state index in [9.17, 15) is 0 Å². The lowest BCUT2D eigenvalue weighted by molar-refractivity contribution is 0.370. The van der Waals surface area contributed by atoms with Crippen LogP contribution in [0.25, 0.3) is 0 Å². The van der Waals surface area contributed by atoms with Crippen LogP contribution in [0, 0.1) is 0 Å². The molecule has 1 aromatic heterocycles. The molecule has 0 amide bonds. The average molecular weight is 261 g/mol. The van der Waals surface area contributed by atoms with Gasteiger partial charge in [-0.15, -0.1) is 0 Å². The molecule has 2 nitrogen and oxygen atoms in total. The van der Waals surface area contributed by atoms with Crippen LogP contribution >= 0.6 is 11.6 Å². The highest BCUT2D eigenvalue weighted by Crippen LogP contribution is 2.36. The number of hydrogen-bond donors (Lipinski definition) is 2. The maximum absolute atomic E-state index is 6.19. The second-order valence-electron chi connectivity index (χ2n) is 4.89. The van der Waals surface area contributed by atoms with Crippen molar-refractivity contribution in [2.24, 2.45) is 0 Å². The number of piperidine rings is 1. The molecule has 0 bridgehead atoms. The van der Waals surface area contributed by atoms with E-state index in [1.165, 1.54) is 11.1 Å². The molecule has 0 spiro atoms. The zero-order valence-corrected chi connectivity index (χ0v) is 11.0. The van der Waals surface area contributed by atoms with E-state index < -0.39 is 0 Å². The Bertz CT molecular complexity index is 506. The van der Waals surface area contributed by atoms with E-state index in [1.807, 2.05) is 6.20 Å². The molecule has 2 N–H and O–H groups in total. The van der Waals surface area contributed by atoms with Crippen LogP contribution in [0.3, 0.4) is 0 Å². The van der Waals surface area contributed by atoms with Crippen LogP contribution in [0.4, 0.5) is 0 Å². The maximum Gasteiger partial charge on any atom is 0.109 e. The predicted octanol–water partition coefficient (Wildman–Crippen LogP) is 3.88. The van der Waals surface area contributed by atoms with Crippen molar-refractivity contribution in [3.05, 3.63) is 58.9 Å². The second-order valence-corrected chi connectivity index (χ2v) is 5.26. The van der Waals surface area contributed by atoms with E-state index >= 15 is 0 Å². The Labute approximate surface area is 112 Å². The lowest BCUT2D eigenvalue weighted by atomic mass is 9.85. The minimum Gasteiger partial charge on any atom is -0.352 e. The van der Waals surface area contributed by atoms with Gasteiger partial charge < -0.3 is 10.3 Å². The SMILES string of the molecule is Clc1[nH]ccc1C1CCNC(c2ccccc2)C1. The summed E-state index contributed by atoms with van der Waals surface area (Å²) in [5.74, 6) is 0.551. The summed E-state index contributed by atoms with van der Waals surface area (Å²) in [6.45, 7) is 1.05. The Morgan fingerprint density at radius 2 is 1.94 bits per heavy atom. The first kappa shape index (κ1) is 11.8. The van der Waals surface area contributed by atoms with Crippen molar-refractivity contribution in [1.82, 2.24) is 10.3 Å². The van der Waals surface area contributed by atoms with Gasteiger partial charge in [-0.3, -0.25) is 0 Å². The van der Waals surface area contributed by atoms with Gasteiger partial charge in [0.1, 0.15) is 5.15 Å². The summed E-state index contributed by atoms with van der Waals surface area (Å²) < 4.78 is 0. The molecular weight excluding hydrogens is 244 g/mol. The maximum atomic E-state index is 6.19. The highest BCUT2D eigenvalue weighted by molar-refractivity contribution is 6.30. The van der Waals surface area contributed by atoms with Crippen molar-refractivity contribution in [2.75, 3.05) is 6.54 Å². The minimum absolute atomic E-state index is 0.441. The van der Waals surface area contributed by atoms with E-state index in [-0.39, 0.29) is 0 Å². The van der Waals surface area contributed by atoms with Crippen LogP contribution < -0.4 is 5.32 Å². The molecule has 18 heavy (non-hydrogen) atoms. The van der Waals surface area contributed by atoms with Gasteiger partial charge in [0.05, 0.1) is 0 Å². The first-order valence-corrected chi connectivity index (χ1v) is 6.83. The summed E-state index contributed by atoms with van der Waals surface area (Å²) in [5.41, 5.74) is 2.63. The summed E-state index contributed by atoms with van der Waals surface area (Å²) in [5, 5.41) is 4.39. The molecule has 3 rings (SSSR count). The highest BCUT2D eigenvalue weighted by Gasteiger charge is 2.25. The zero-order chi connectivity index (χ0) is 12.4. The Kier molecular flexibility index (Phi) is 3.39. The third-order valence-corrected chi connectivity index (χ3v) is 4.10. The van der Waals surface area contributed by atoms with Crippen molar-refractivity contribution in [3.63, 3.8) is 0 Å². The molecule has 1 aliphatic rings. The van der Waals surface area contributed by atoms with Crippen molar-refractivity contribution >= 4 is 11.6 Å². The Morgan fingerprint density at radius 3 is 2.67 bits per heavy atom. The molecule has 2 atom stereocenters. The fourth-order valence-electron chi connectivity index (χ4n) is 2.82. The number of H-pyrrole nitrogens is 1. The van der Waals surface area contributed by atoms with Crippen LogP contribution in [-0.4, -0.2) is 11.5 Å². The van der Waals surface area contributed by atoms with Crippen LogP contribution in [0.5, 0.6) is 0 Å². The fourth-order valence-corrected chi connectivity index (χ4v) is 3.10. The molecule has 1 saturated heterocycles. The summed E-state index contributed by atoms with van der Waals surface area (Å²) in [7, 11) is 0. The first-order valence-electron chi connectivity index (χ1n) is 6.45. The van der Waals surface area contributed by atoms with E-state index in [4.69, 9.17) is 11.6 Å². The quantitative estimate of drug-likeness (QED) is 0.843. The van der Waals surface area contributed by atoms with Gasteiger partial charge in [-0.05, 0) is 42.5 Å². The molecule has 0 radical (unpaired) electrons. The standard InChI is InChI=1S/C15H17ClN2/c16-15-13(7-9-18-15)12-6-8-17-14(10-12)11-4-2-1-3-5-11/h1-5,7,9,12,14,17-18H,6,8,10H2. The van der Waals surface area contributed by atoms with Gasteiger partial charge in [-0.25, -0.2) is 0 Å². The fraction of sp³-hybridized carbons (Fsp3) is 0.333. The lowest BCUT2D eigenvalue weighted by Crippen LogP contribution is -2.30. The number of hydrogen-bond acceptors (Lipinski definition) is 1. The summed E-state index contributed by atoms with van der Waals surface area (Å²) >= 11 is 6.19. The molecule has 1 aliphatic heterocycles. The van der Waals surface area contributed by atoms with Crippen molar-refractivity contribution in [3.8, 4) is 0 Å². The molecule has 2 aromatic rings. The van der Waals surface area contributed by atoms with Gasteiger partial charge in [0.15, 0.2) is 0 Å². The van der Waals surface area contributed by atoms with Crippen LogP contribution in [0.15, 0.2) is 42.6 Å². The number of aromatic nitrogens is 1. The molecule has 3 heteroatoms. The number of halogens is 1. The van der Waals surface area contributed by atoms with Gasteiger partial charge in [-0.1, -0.05) is 41.9 Å². The molecule has 1 aromatic carbocycles. The number of benzene rings is 1. The number of nitrogens with one attached hydrogen (secondary N) is 2. The Morgan fingerprint density at radius 1 is 1.11 bits per heavy atom. The predicted molar refractivity (Wildman–Crippen MR) is 75.0 cm³/mol. The van der Waals surface area contributed by atoms with Crippen LogP contribution in [-0.2, 0) is 0 Å². The molecule has 2 unspecified atom stereocenters. The van der Waals surface area contributed by atoms with Crippen LogP contribution in [0.2, 0.25) is 5.15 Å². The normalized spacial score (nSPS) is 24.1. The van der Waals surface area contributed by atoms with E-state index in [0.29, 0.717) is 12.0 Å².